The van der Waals surface area contributed by atoms with E-state index in [1.807, 2.05) is 0 Å². The summed E-state index contributed by atoms with van der Waals surface area (Å²) in [4.78, 5) is 0. The molecule has 1 heterocycles. The van der Waals surface area contributed by atoms with Crippen LogP contribution in [0.2, 0.25) is 0 Å². The molecule has 1 fully saturated rings. The van der Waals surface area contributed by atoms with Crippen LogP contribution in [0.15, 0.2) is 0 Å². The standard InChI is InChI=1S/C5H10S/c1-3-5(2)4-6-5/h3-4H2,1-2H3. The van der Waals surface area contributed by atoms with Gasteiger partial charge in [-0.05, 0) is 13.3 Å². The summed E-state index contributed by atoms with van der Waals surface area (Å²) in [5, 5.41) is 0. The fourth-order valence-corrected chi connectivity index (χ4v) is 0.982. The topological polar surface area (TPSA) is 0 Å². The van der Waals surface area contributed by atoms with Gasteiger partial charge in [0.2, 0.25) is 0 Å². The molecule has 0 aromatic heterocycles. The lowest BCUT2D eigenvalue weighted by Gasteiger charge is -1.94. The quantitative estimate of drug-likeness (QED) is 0.456. The molecule has 0 aromatic carbocycles. The Labute approximate surface area is 43.3 Å². The van der Waals surface area contributed by atoms with Gasteiger partial charge in [-0.1, -0.05) is 6.92 Å². The summed E-state index contributed by atoms with van der Waals surface area (Å²) >= 11 is 2.07. The van der Waals surface area contributed by atoms with Crippen LogP contribution in [0.4, 0.5) is 0 Å². The molecule has 0 radical (unpaired) electrons. The van der Waals surface area contributed by atoms with Crippen molar-refractivity contribution in [3.8, 4) is 0 Å². The average Bonchev–Trinajstić information content (AvgIpc) is 2.22. The number of hydrogen-bond acceptors (Lipinski definition) is 1. The highest BCUT2D eigenvalue weighted by Gasteiger charge is 2.35. The van der Waals surface area contributed by atoms with Gasteiger partial charge in [0.15, 0.2) is 0 Å². The molecule has 0 bridgehead atoms. The van der Waals surface area contributed by atoms with Gasteiger partial charge in [-0.25, -0.2) is 0 Å². The third-order valence-corrected chi connectivity index (χ3v) is 2.95. The first-order valence-electron chi connectivity index (χ1n) is 2.41. The van der Waals surface area contributed by atoms with Crippen molar-refractivity contribution in [2.24, 2.45) is 0 Å². The first-order chi connectivity index (χ1) is 2.77. The first kappa shape index (κ1) is 4.51. The maximum Gasteiger partial charge on any atom is 0.0220 e. The van der Waals surface area contributed by atoms with Crippen molar-refractivity contribution in [1.29, 1.82) is 0 Å². The van der Waals surface area contributed by atoms with Crippen LogP contribution in [-0.2, 0) is 0 Å². The van der Waals surface area contributed by atoms with Gasteiger partial charge in [0.05, 0.1) is 0 Å². The minimum absolute atomic E-state index is 0.708. The Bertz CT molecular complexity index is 55.0. The van der Waals surface area contributed by atoms with Crippen molar-refractivity contribution in [3.63, 3.8) is 0 Å². The fourth-order valence-electron chi connectivity index (χ4n) is 0.327. The van der Waals surface area contributed by atoms with Crippen molar-refractivity contribution in [1.82, 2.24) is 0 Å². The van der Waals surface area contributed by atoms with Crippen LogP contribution >= 0.6 is 11.8 Å². The van der Waals surface area contributed by atoms with Crippen molar-refractivity contribution in [2.45, 2.75) is 25.0 Å². The van der Waals surface area contributed by atoms with Crippen molar-refractivity contribution in [3.05, 3.63) is 0 Å². The maximum absolute atomic E-state index is 2.32. The van der Waals surface area contributed by atoms with E-state index >= 15 is 0 Å². The molecule has 0 saturated carbocycles. The lowest BCUT2D eigenvalue weighted by molar-refractivity contribution is 0.761. The lowest BCUT2D eigenvalue weighted by atomic mass is 10.2. The molecule has 1 unspecified atom stereocenters. The van der Waals surface area contributed by atoms with Crippen molar-refractivity contribution >= 4 is 11.8 Å². The minimum atomic E-state index is 0.708. The van der Waals surface area contributed by atoms with Gasteiger partial charge in [-0.3, -0.25) is 0 Å². The molecule has 1 heteroatoms. The van der Waals surface area contributed by atoms with E-state index in [4.69, 9.17) is 0 Å². The molecule has 1 saturated heterocycles. The van der Waals surface area contributed by atoms with Crippen LogP contribution in [0.1, 0.15) is 20.3 Å². The van der Waals surface area contributed by atoms with E-state index in [0.717, 1.165) is 0 Å². The molecular formula is C5H10S. The molecule has 0 aliphatic carbocycles. The third kappa shape index (κ3) is 0.700. The molecule has 0 spiro atoms. The largest absolute Gasteiger partial charge is 0.153 e. The highest BCUT2D eigenvalue weighted by atomic mass is 32.2. The van der Waals surface area contributed by atoms with Crippen LogP contribution in [0.25, 0.3) is 0 Å². The zero-order valence-corrected chi connectivity index (χ0v) is 5.14. The number of rotatable bonds is 1. The predicted molar refractivity (Wildman–Crippen MR) is 31.2 cm³/mol. The van der Waals surface area contributed by atoms with E-state index in [9.17, 15) is 0 Å². The Morgan fingerprint density at radius 1 is 1.83 bits per heavy atom. The predicted octanol–water partition coefficient (Wildman–Crippen LogP) is 1.90. The van der Waals surface area contributed by atoms with Crippen LogP contribution in [0.3, 0.4) is 0 Å². The van der Waals surface area contributed by atoms with Gasteiger partial charge < -0.3 is 0 Å². The summed E-state index contributed by atoms with van der Waals surface area (Å²) in [5.41, 5.74) is 0. The smallest absolute Gasteiger partial charge is 0.0220 e. The summed E-state index contributed by atoms with van der Waals surface area (Å²) in [7, 11) is 0. The van der Waals surface area contributed by atoms with Gasteiger partial charge in [-0.15, -0.1) is 0 Å². The fraction of sp³-hybridized carbons (Fsp3) is 1.00. The summed E-state index contributed by atoms with van der Waals surface area (Å²) in [5.74, 6) is 1.39. The molecule has 0 amide bonds. The maximum atomic E-state index is 2.32. The zero-order valence-electron chi connectivity index (χ0n) is 4.32. The number of hydrogen-bond donors (Lipinski definition) is 0. The average molecular weight is 102 g/mol. The Morgan fingerprint density at radius 3 is 2.33 bits per heavy atom. The minimum Gasteiger partial charge on any atom is -0.153 e. The molecule has 0 aromatic rings. The normalized spacial score (nSPS) is 43.0. The summed E-state index contributed by atoms with van der Waals surface area (Å²) in [6.45, 7) is 4.57. The molecule has 36 valence electrons. The Kier molecular flexibility index (Phi) is 0.870. The van der Waals surface area contributed by atoms with E-state index < -0.39 is 0 Å². The molecule has 0 N–H and O–H groups in total. The van der Waals surface area contributed by atoms with E-state index in [0.29, 0.717) is 4.75 Å². The SMILES string of the molecule is CCC1(C)CS1. The van der Waals surface area contributed by atoms with E-state index in [2.05, 4.69) is 25.6 Å². The van der Waals surface area contributed by atoms with E-state index in [-0.39, 0.29) is 0 Å². The number of thioether (sulfide) groups is 1. The van der Waals surface area contributed by atoms with Gasteiger partial charge in [-0.2, -0.15) is 11.8 Å². The summed E-state index contributed by atoms with van der Waals surface area (Å²) < 4.78 is 0.708. The molecule has 1 aliphatic rings. The van der Waals surface area contributed by atoms with Crippen molar-refractivity contribution < 1.29 is 0 Å². The zero-order chi connectivity index (χ0) is 4.62. The first-order valence-corrected chi connectivity index (χ1v) is 3.39. The Morgan fingerprint density at radius 2 is 2.33 bits per heavy atom. The molecule has 1 atom stereocenters. The summed E-state index contributed by atoms with van der Waals surface area (Å²) in [6.07, 6.45) is 1.34. The van der Waals surface area contributed by atoms with Gasteiger partial charge in [0.1, 0.15) is 0 Å². The molecule has 1 aliphatic heterocycles. The van der Waals surface area contributed by atoms with Crippen LogP contribution in [-0.4, -0.2) is 10.5 Å². The van der Waals surface area contributed by atoms with Crippen molar-refractivity contribution in [2.75, 3.05) is 5.75 Å². The summed E-state index contributed by atoms with van der Waals surface area (Å²) in [6, 6.07) is 0. The molecule has 0 nitrogen and oxygen atoms in total. The van der Waals surface area contributed by atoms with Gasteiger partial charge in [0, 0.05) is 10.5 Å². The third-order valence-electron chi connectivity index (χ3n) is 1.39. The second-order valence-electron chi connectivity index (χ2n) is 2.09. The highest BCUT2D eigenvalue weighted by molar-refractivity contribution is 8.07. The molecule has 1 rings (SSSR count). The van der Waals surface area contributed by atoms with E-state index in [1.54, 1.807) is 0 Å². The van der Waals surface area contributed by atoms with E-state index in [1.165, 1.54) is 12.2 Å². The van der Waals surface area contributed by atoms with Crippen LogP contribution < -0.4 is 0 Å². The Hall–Kier alpha value is 0.350. The molecule has 6 heavy (non-hydrogen) atoms. The second-order valence-corrected chi connectivity index (χ2v) is 3.66. The van der Waals surface area contributed by atoms with Gasteiger partial charge >= 0.3 is 0 Å². The Balaban J connectivity index is 2.28. The van der Waals surface area contributed by atoms with Gasteiger partial charge in [0.25, 0.3) is 0 Å². The second kappa shape index (κ2) is 1.16. The molecular weight excluding hydrogens is 92.1 g/mol. The van der Waals surface area contributed by atoms with Crippen LogP contribution in [0, 0.1) is 0 Å². The van der Waals surface area contributed by atoms with Crippen LogP contribution in [0.5, 0.6) is 0 Å². The lowest BCUT2D eigenvalue weighted by Crippen LogP contribution is -1.96. The highest BCUT2D eigenvalue weighted by Crippen LogP contribution is 2.46. The monoisotopic (exact) mass is 102 g/mol.